The Morgan fingerprint density at radius 3 is 2.18 bits per heavy atom. The van der Waals surface area contributed by atoms with Crippen molar-refractivity contribution in [1.29, 1.82) is 5.26 Å². The van der Waals surface area contributed by atoms with E-state index in [2.05, 4.69) is 46.0 Å². The third-order valence-corrected chi connectivity index (χ3v) is 12.5. The van der Waals surface area contributed by atoms with Crippen molar-refractivity contribution in [2.75, 3.05) is 7.05 Å². The number of fused-ring (bicyclic) bond motifs is 7. The van der Waals surface area contributed by atoms with Gasteiger partial charge in [-0.1, -0.05) is 74.0 Å². The number of nitriles is 1. The highest BCUT2D eigenvalue weighted by Gasteiger charge is 2.70. The van der Waals surface area contributed by atoms with Crippen molar-refractivity contribution in [3.63, 3.8) is 0 Å². The molecule has 5 rings (SSSR count). The molecule has 0 aliphatic heterocycles. The average molecular weight is 535 g/mol. The molecule has 0 spiro atoms. The maximum absolute atomic E-state index is 14.4. The number of hydrogen-bond donors (Lipinski definition) is 1. The van der Waals surface area contributed by atoms with E-state index >= 15 is 0 Å². The molecule has 214 valence electrons. The molecule has 0 aromatic heterocycles. The molecule has 5 aliphatic rings. The first-order valence-electron chi connectivity index (χ1n) is 15.2. The predicted molar refractivity (Wildman–Crippen MR) is 154 cm³/mol. The number of rotatable bonds is 1. The van der Waals surface area contributed by atoms with E-state index in [1.54, 1.807) is 7.05 Å². The van der Waals surface area contributed by atoms with Crippen LogP contribution in [0.5, 0.6) is 0 Å². The molecule has 1 amide bonds. The number of carbonyl (C=O) groups is 3. The Morgan fingerprint density at radius 2 is 1.59 bits per heavy atom. The number of ketones is 2. The van der Waals surface area contributed by atoms with Crippen molar-refractivity contribution in [2.45, 2.75) is 107 Å². The summed E-state index contributed by atoms with van der Waals surface area (Å²) in [6, 6.07) is 2.18. The Kier molecular flexibility index (Phi) is 6.98. The summed E-state index contributed by atoms with van der Waals surface area (Å²) in [5, 5.41) is 12.8. The molecule has 5 heteroatoms. The number of Topliss-reactive ketones (excluding diaryl/α,β-unsaturated/α-hetero) is 1. The minimum absolute atomic E-state index is 0.0113. The van der Waals surface area contributed by atoms with Gasteiger partial charge in [-0.15, -0.1) is 0 Å². The highest BCUT2D eigenvalue weighted by molar-refractivity contribution is 6.04. The number of nitrogens with one attached hydrogen (secondary N) is 1. The third kappa shape index (κ3) is 3.72. The van der Waals surface area contributed by atoms with Gasteiger partial charge >= 0.3 is 0 Å². The van der Waals surface area contributed by atoms with Crippen LogP contribution in [0.3, 0.4) is 0 Å². The van der Waals surface area contributed by atoms with Crippen LogP contribution in [0.25, 0.3) is 0 Å². The first kappa shape index (κ1) is 29.8. The van der Waals surface area contributed by atoms with Gasteiger partial charge in [0.15, 0.2) is 11.6 Å². The van der Waals surface area contributed by atoms with E-state index in [0.717, 1.165) is 50.5 Å². The summed E-state index contributed by atoms with van der Waals surface area (Å²) < 4.78 is 0. The van der Waals surface area contributed by atoms with Gasteiger partial charge < -0.3 is 5.32 Å². The van der Waals surface area contributed by atoms with Crippen LogP contribution in [0.2, 0.25) is 0 Å². The molecular weight excluding hydrogens is 484 g/mol. The monoisotopic (exact) mass is 534 g/mol. The maximum Gasteiger partial charge on any atom is 0.226 e. The van der Waals surface area contributed by atoms with E-state index < -0.39 is 16.2 Å². The standard InChI is InChI=1S/C32H44N2O3.C2H6/c1-27(2)11-13-32(26(37)34-8)14-12-31(7)24(20(32)17-27)21(35)15-23-29(5)16-19(18-33)25(36)28(3,4)22(29)9-10-30(23,31)6;1-2/h15-16,20,22,24H,9-14,17H2,1-8H3,(H,34,37);1-2H3/t20?,22?,24?,29-,30+,31+,32-;/m0./s1. The molecule has 0 heterocycles. The second-order valence-electron chi connectivity index (χ2n) is 15.0. The van der Waals surface area contributed by atoms with Crippen molar-refractivity contribution in [3.8, 4) is 6.07 Å². The minimum Gasteiger partial charge on any atom is -0.359 e. The van der Waals surface area contributed by atoms with Gasteiger partial charge in [0.2, 0.25) is 5.91 Å². The van der Waals surface area contributed by atoms with Crippen LogP contribution in [0.4, 0.5) is 0 Å². The van der Waals surface area contributed by atoms with Crippen molar-refractivity contribution < 1.29 is 14.4 Å². The summed E-state index contributed by atoms with van der Waals surface area (Å²) in [6.07, 6.45) is 9.95. The normalized spacial score (nSPS) is 43.5. The molecule has 3 saturated carbocycles. The molecule has 0 saturated heterocycles. The third-order valence-electron chi connectivity index (χ3n) is 12.5. The molecule has 5 aliphatic carbocycles. The lowest BCUT2D eigenvalue weighted by molar-refractivity contribution is -0.178. The second-order valence-corrected chi connectivity index (χ2v) is 15.0. The van der Waals surface area contributed by atoms with Crippen molar-refractivity contribution in [3.05, 3.63) is 23.3 Å². The van der Waals surface area contributed by atoms with Gasteiger partial charge in [-0.25, -0.2) is 0 Å². The molecular formula is C34H50N2O3. The fourth-order valence-corrected chi connectivity index (χ4v) is 10.3. The van der Waals surface area contributed by atoms with Crippen molar-refractivity contribution in [1.82, 2.24) is 5.32 Å². The van der Waals surface area contributed by atoms with Gasteiger partial charge in [0.25, 0.3) is 0 Å². The first-order chi connectivity index (χ1) is 18.0. The Hall–Kier alpha value is -2.22. The molecule has 5 nitrogen and oxygen atoms in total. The van der Waals surface area contributed by atoms with Gasteiger partial charge in [-0.05, 0) is 79.1 Å². The summed E-state index contributed by atoms with van der Waals surface area (Å²) in [7, 11) is 1.73. The summed E-state index contributed by atoms with van der Waals surface area (Å²) in [5.74, 6) is 0.0213. The molecule has 0 radical (unpaired) electrons. The zero-order chi connectivity index (χ0) is 29.4. The fourth-order valence-electron chi connectivity index (χ4n) is 10.3. The SMILES string of the molecule is CC.CNC(=O)[C@]12CCC(C)(C)CC1C1C(=O)C=C3[C@@]4(C)C=C(C#N)C(=O)C(C)(C)C4CC[C@@]3(C)[C@]1(C)CC2. The summed E-state index contributed by atoms with van der Waals surface area (Å²) >= 11 is 0. The van der Waals surface area contributed by atoms with E-state index in [1.807, 2.05) is 39.8 Å². The quantitative estimate of drug-likeness (QED) is 0.393. The van der Waals surface area contributed by atoms with E-state index in [9.17, 15) is 19.6 Å². The Balaban J connectivity index is 0.00000172. The first-order valence-corrected chi connectivity index (χ1v) is 15.2. The van der Waals surface area contributed by atoms with Crippen LogP contribution in [0.15, 0.2) is 23.3 Å². The van der Waals surface area contributed by atoms with Gasteiger partial charge in [0, 0.05) is 23.8 Å². The molecule has 7 atom stereocenters. The molecule has 0 aromatic rings. The van der Waals surface area contributed by atoms with E-state index in [0.29, 0.717) is 0 Å². The molecule has 0 aromatic carbocycles. The number of allylic oxidation sites excluding steroid dienone is 4. The largest absolute Gasteiger partial charge is 0.359 e. The minimum atomic E-state index is -0.661. The summed E-state index contributed by atoms with van der Waals surface area (Å²) in [5.41, 5.74) is -0.787. The van der Waals surface area contributed by atoms with Crippen LogP contribution in [0, 0.1) is 61.6 Å². The summed E-state index contributed by atoms with van der Waals surface area (Å²) in [6.45, 7) is 19.3. The van der Waals surface area contributed by atoms with Gasteiger partial charge in [-0.2, -0.15) is 5.26 Å². The number of carbonyl (C=O) groups excluding carboxylic acids is 3. The topological polar surface area (TPSA) is 87.0 Å². The fraction of sp³-hybridized carbons (Fsp3) is 0.765. The van der Waals surface area contributed by atoms with Gasteiger partial charge in [0.1, 0.15) is 6.07 Å². The lowest BCUT2D eigenvalue weighted by atomic mass is 9.34. The lowest BCUT2D eigenvalue weighted by Crippen LogP contribution is -2.66. The zero-order valence-electron chi connectivity index (χ0n) is 26.0. The van der Waals surface area contributed by atoms with Crippen LogP contribution in [0.1, 0.15) is 107 Å². The molecule has 0 bridgehead atoms. The van der Waals surface area contributed by atoms with E-state index in [1.165, 1.54) is 0 Å². The maximum atomic E-state index is 14.4. The zero-order valence-corrected chi connectivity index (χ0v) is 26.0. The average Bonchev–Trinajstić information content (AvgIpc) is 2.88. The number of nitrogens with zero attached hydrogens (tertiary/aromatic N) is 1. The van der Waals surface area contributed by atoms with Crippen LogP contribution in [-0.4, -0.2) is 24.5 Å². The smallest absolute Gasteiger partial charge is 0.226 e. The summed E-state index contributed by atoms with van der Waals surface area (Å²) in [4.78, 5) is 41.1. The number of amides is 1. The Labute approximate surface area is 236 Å². The highest BCUT2D eigenvalue weighted by Crippen LogP contribution is 2.74. The van der Waals surface area contributed by atoms with Gasteiger partial charge in [0.05, 0.1) is 11.0 Å². The van der Waals surface area contributed by atoms with Crippen LogP contribution >= 0.6 is 0 Å². The number of hydrogen-bond acceptors (Lipinski definition) is 4. The second kappa shape index (κ2) is 9.15. The van der Waals surface area contributed by atoms with E-state index in [-0.39, 0.29) is 57.0 Å². The highest BCUT2D eigenvalue weighted by atomic mass is 16.2. The molecule has 3 unspecified atom stereocenters. The Morgan fingerprint density at radius 1 is 0.974 bits per heavy atom. The van der Waals surface area contributed by atoms with Crippen LogP contribution < -0.4 is 5.32 Å². The molecule has 3 fully saturated rings. The van der Waals surface area contributed by atoms with E-state index in [4.69, 9.17) is 0 Å². The van der Waals surface area contributed by atoms with Crippen LogP contribution in [-0.2, 0) is 14.4 Å². The molecule has 39 heavy (non-hydrogen) atoms. The van der Waals surface area contributed by atoms with Crippen molar-refractivity contribution >= 4 is 17.5 Å². The Bertz CT molecular complexity index is 1200. The lowest BCUT2D eigenvalue weighted by Gasteiger charge is -2.69. The van der Waals surface area contributed by atoms with Crippen molar-refractivity contribution in [2.24, 2.45) is 50.2 Å². The predicted octanol–water partition coefficient (Wildman–Crippen LogP) is 6.98. The molecule has 1 N–H and O–H groups in total. The van der Waals surface area contributed by atoms with Gasteiger partial charge in [-0.3, -0.25) is 14.4 Å².